The van der Waals surface area contributed by atoms with Crippen LogP contribution in [0.3, 0.4) is 0 Å². The fraction of sp³-hybridized carbons (Fsp3) is 0.692. The summed E-state index contributed by atoms with van der Waals surface area (Å²) >= 11 is 0. The molecule has 1 aromatic rings. The van der Waals surface area contributed by atoms with Crippen molar-refractivity contribution in [2.24, 2.45) is 0 Å². The third kappa shape index (κ3) is 3.70. The summed E-state index contributed by atoms with van der Waals surface area (Å²) in [5.41, 5.74) is 0.462. The zero-order valence-corrected chi connectivity index (χ0v) is 11.8. The summed E-state index contributed by atoms with van der Waals surface area (Å²) in [5.74, 6) is 0. The van der Waals surface area contributed by atoms with Crippen LogP contribution in [-0.4, -0.2) is 46.0 Å². The Morgan fingerprint density at radius 1 is 1.53 bits per heavy atom. The van der Waals surface area contributed by atoms with Gasteiger partial charge in [-0.1, -0.05) is 0 Å². The maximum absolute atomic E-state index is 12.1. The van der Waals surface area contributed by atoms with E-state index in [4.69, 9.17) is 9.47 Å². The molecule has 1 N–H and O–H groups in total. The van der Waals surface area contributed by atoms with Crippen LogP contribution in [0, 0.1) is 0 Å². The molecule has 0 spiro atoms. The van der Waals surface area contributed by atoms with Crippen LogP contribution >= 0.6 is 0 Å². The summed E-state index contributed by atoms with van der Waals surface area (Å²) in [6.45, 7) is 8.57. The number of aromatic nitrogens is 2. The van der Waals surface area contributed by atoms with Crippen LogP contribution in [0.4, 0.5) is 4.79 Å². The minimum absolute atomic E-state index is 0.0267. The molecule has 2 rings (SSSR count). The van der Waals surface area contributed by atoms with Crippen molar-refractivity contribution in [3.05, 3.63) is 18.0 Å². The average Bonchev–Trinajstić information content (AvgIpc) is 2.79. The summed E-state index contributed by atoms with van der Waals surface area (Å²) in [6, 6.07) is 0. The number of morpholine rings is 1. The maximum atomic E-state index is 12.1. The first-order chi connectivity index (χ1) is 8.85. The first-order valence-electron chi connectivity index (χ1n) is 6.47. The molecule has 1 saturated heterocycles. The number of H-pyrrole nitrogens is 1. The van der Waals surface area contributed by atoms with Crippen molar-refractivity contribution in [3.8, 4) is 0 Å². The highest BCUT2D eigenvalue weighted by Crippen LogP contribution is 2.25. The Hall–Kier alpha value is -1.56. The lowest BCUT2D eigenvalue weighted by Gasteiger charge is -2.37. The number of amides is 1. The van der Waals surface area contributed by atoms with E-state index < -0.39 is 5.60 Å². The van der Waals surface area contributed by atoms with E-state index >= 15 is 0 Å². The number of carbonyl (C=O) groups is 1. The minimum atomic E-state index is -0.482. The van der Waals surface area contributed by atoms with Gasteiger partial charge in [-0.05, 0) is 27.7 Å². The molecule has 2 atom stereocenters. The van der Waals surface area contributed by atoms with Crippen LogP contribution in [0.1, 0.15) is 39.4 Å². The Morgan fingerprint density at radius 3 is 2.84 bits per heavy atom. The van der Waals surface area contributed by atoms with E-state index in [-0.39, 0.29) is 18.3 Å². The van der Waals surface area contributed by atoms with Crippen LogP contribution in [0.15, 0.2) is 12.4 Å². The SMILES string of the molecule is CC1CN(C(=O)OC(C)(C)C)CC(c2cn[nH]c2)O1. The Balaban J connectivity index is 2.04. The van der Waals surface area contributed by atoms with Gasteiger partial charge in [-0.25, -0.2) is 4.79 Å². The lowest BCUT2D eigenvalue weighted by molar-refractivity contribution is -0.0816. The second-order valence-electron chi connectivity index (χ2n) is 5.85. The Morgan fingerprint density at radius 2 is 2.26 bits per heavy atom. The molecule has 0 saturated carbocycles. The molecule has 1 fully saturated rings. The number of carbonyl (C=O) groups excluding carboxylic acids is 1. The fourth-order valence-electron chi connectivity index (χ4n) is 2.05. The number of nitrogens with zero attached hydrogens (tertiary/aromatic N) is 2. The lowest BCUT2D eigenvalue weighted by atomic mass is 10.1. The third-order valence-corrected chi connectivity index (χ3v) is 2.80. The van der Waals surface area contributed by atoms with Crippen molar-refractivity contribution in [1.29, 1.82) is 0 Å². The van der Waals surface area contributed by atoms with Crippen molar-refractivity contribution >= 4 is 6.09 Å². The number of ether oxygens (including phenoxy) is 2. The highest BCUT2D eigenvalue weighted by Gasteiger charge is 2.32. The largest absolute Gasteiger partial charge is 0.444 e. The predicted molar refractivity (Wildman–Crippen MR) is 69.7 cm³/mol. The van der Waals surface area contributed by atoms with Gasteiger partial charge in [-0.15, -0.1) is 0 Å². The number of rotatable bonds is 1. The van der Waals surface area contributed by atoms with Gasteiger partial charge in [0.25, 0.3) is 0 Å². The Kier molecular flexibility index (Phi) is 3.80. The van der Waals surface area contributed by atoms with E-state index in [9.17, 15) is 4.79 Å². The molecular formula is C13H21N3O3. The smallest absolute Gasteiger partial charge is 0.410 e. The monoisotopic (exact) mass is 267 g/mol. The number of hydrogen-bond donors (Lipinski definition) is 1. The lowest BCUT2D eigenvalue weighted by Crippen LogP contribution is -2.47. The predicted octanol–water partition coefficient (Wildman–Crippen LogP) is 2.11. The van der Waals surface area contributed by atoms with Gasteiger partial charge in [0, 0.05) is 11.8 Å². The zero-order chi connectivity index (χ0) is 14.0. The molecule has 1 aromatic heterocycles. The molecule has 6 nitrogen and oxygen atoms in total. The van der Waals surface area contributed by atoms with Gasteiger partial charge in [0.15, 0.2) is 0 Å². The van der Waals surface area contributed by atoms with Gasteiger partial charge in [0.05, 0.1) is 25.4 Å². The first-order valence-corrected chi connectivity index (χ1v) is 6.47. The van der Waals surface area contributed by atoms with E-state index in [0.29, 0.717) is 13.1 Å². The van der Waals surface area contributed by atoms with Crippen molar-refractivity contribution in [3.63, 3.8) is 0 Å². The Bertz CT molecular complexity index is 425. The van der Waals surface area contributed by atoms with E-state index in [2.05, 4.69) is 10.2 Å². The van der Waals surface area contributed by atoms with E-state index in [0.717, 1.165) is 5.56 Å². The van der Waals surface area contributed by atoms with Gasteiger partial charge in [0.2, 0.25) is 0 Å². The van der Waals surface area contributed by atoms with Gasteiger partial charge < -0.3 is 14.4 Å². The summed E-state index contributed by atoms with van der Waals surface area (Å²) in [6.07, 6.45) is 3.03. The second-order valence-corrected chi connectivity index (χ2v) is 5.85. The summed E-state index contributed by atoms with van der Waals surface area (Å²) in [5, 5.41) is 6.67. The highest BCUT2D eigenvalue weighted by molar-refractivity contribution is 5.68. The molecule has 1 amide bonds. The van der Waals surface area contributed by atoms with Crippen molar-refractivity contribution < 1.29 is 14.3 Å². The molecule has 0 radical (unpaired) electrons. The van der Waals surface area contributed by atoms with Crippen molar-refractivity contribution in [2.75, 3.05) is 13.1 Å². The molecule has 0 aliphatic carbocycles. The third-order valence-electron chi connectivity index (χ3n) is 2.80. The van der Waals surface area contributed by atoms with Crippen LogP contribution in [0.2, 0.25) is 0 Å². The first kappa shape index (κ1) is 13.9. The average molecular weight is 267 g/mol. The van der Waals surface area contributed by atoms with E-state index in [1.807, 2.05) is 27.7 Å². The van der Waals surface area contributed by atoms with E-state index in [1.165, 1.54) is 0 Å². The fourth-order valence-corrected chi connectivity index (χ4v) is 2.05. The van der Waals surface area contributed by atoms with Crippen LogP contribution in [0.25, 0.3) is 0 Å². The van der Waals surface area contributed by atoms with Crippen molar-refractivity contribution in [1.82, 2.24) is 15.1 Å². The van der Waals surface area contributed by atoms with Gasteiger partial charge >= 0.3 is 6.09 Å². The molecule has 1 aliphatic rings. The van der Waals surface area contributed by atoms with Crippen molar-refractivity contribution in [2.45, 2.75) is 45.5 Å². The maximum Gasteiger partial charge on any atom is 0.410 e. The number of nitrogens with one attached hydrogen (secondary N) is 1. The standard InChI is InChI=1S/C13H21N3O3/c1-9-7-16(12(17)19-13(2,3)4)8-11(18-9)10-5-14-15-6-10/h5-6,9,11H,7-8H2,1-4H3,(H,14,15). The molecular weight excluding hydrogens is 246 g/mol. The van der Waals surface area contributed by atoms with Gasteiger partial charge in [-0.3, -0.25) is 5.10 Å². The van der Waals surface area contributed by atoms with Gasteiger partial charge in [-0.2, -0.15) is 5.10 Å². The van der Waals surface area contributed by atoms with Crippen LogP contribution in [0.5, 0.6) is 0 Å². The summed E-state index contributed by atoms with van der Waals surface area (Å²) < 4.78 is 11.2. The Labute approximate surface area is 113 Å². The summed E-state index contributed by atoms with van der Waals surface area (Å²) in [4.78, 5) is 13.8. The second kappa shape index (κ2) is 5.21. The molecule has 19 heavy (non-hydrogen) atoms. The minimum Gasteiger partial charge on any atom is -0.444 e. The topological polar surface area (TPSA) is 67.5 Å². The molecule has 1 aliphatic heterocycles. The number of hydrogen-bond acceptors (Lipinski definition) is 4. The molecule has 0 bridgehead atoms. The molecule has 2 heterocycles. The molecule has 2 unspecified atom stereocenters. The molecule has 6 heteroatoms. The quantitative estimate of drug-likeness (QED) is 0.846. The molecule has 0 aromatic carbocycles. The highest BCUT2D eigenvalue weighted by atomic mass is 16.6. The summed E-state index contributed by atoms with van der Waals surface area (Å²) in [7, 11) is 0. The normalized spacial score (nSPS) is 24.3. The van der Waals surface area contributed by atoms with Crippen LogP contribution < -0.4 is 0 Å². The van der Waals surface area contributed by atoms with E-state index in [1.54, 1.807) is 17.3 Å². The molecule has 106 valence electrons. The zero-order valence-electron chi connectivity index (χ0n) is 11.8. The number of aromatic amines is 1. The van der Waals surface area contributed by atoms with Crippen LogP contribution in [-0.2, 0) is 9.47 Å². The van der Waals surface area contributed by atoms with Gasteiger partial charge in [0.1, 0.15) is 11.7 Å².